The van der Waals surface area contributed by atoms with Crippen LogP contribution < -0.4 is 4.74 Å². The lowest BCUT2D eigenvalue weighted by atomic mass is 9.81. The molecule has 1 aromatic carbocycles. The average Bonchev–Trinajstić information content (AvgIpc) is 3.38. The molecule has 2 saturated carbocycles. The SMILES string of the molecule is Cc1ncc(C2CCC3(CC2)OCCO3)c(OCC2CC2c2cccc(C)c2C)n1. The zero-order valence-electron chi connectivity index (χ0n) is 18.3. The number of aromatic nitrogens is 2. The van der Waals surface area contributed by atoms with E-state index >= 15 is 0 Å². The molecule has 2 heterocycles. The second kappa shape index (κ2) is 7.93. The minimum atomic E-state index is -0.337. The zero-order valence-corrected chi connectivity index (χ0v) is 18.3. The predicted octanol–water partition coefficient (Wildman–Crippen LogP) is 4.99. The van der Waals surface area contributed by atoms with Gasteiger partial charge in [-0.15, -0.1) is 0 Å². The number of aryl methyl sites for hydroxylation is 2. The minimum absolute atomic E-state index is 0.337. The molecule has 160 valence electrons. The second-order valence-corrected chi connectivity index (χ2v) is 9.26. The Bertz CT molecular complexity index is 913. The van der Waals surface area contributed by atoms with Crippen molar-refractivity contribution in [2.45, 2.75) is 70.5 Å². The first-order valence-corrected chi connectivity index (χ1v) is 11.3. The van der Waals surface area contributed by atoms with Gasteiger partial charge in [0.15, 0.2) is 5.79 Å². The normalized spacial score (nSPS) is 25.6. The molecule has 3 fully saturated rings. The molecule has 1 saturated heterocycles. The van der Waals surface area contributed by atoms with Gasteiger partial charge in [0.25, 0.3) is 0 Å². The summed E-state index contributed by atoms with van der Waals surface area (Å²) in [4.78, 5) is 9.15. The highest BCUT2D eigenvalue weighted by molar-refractivity contribution is 5.39. The summed E-state index contributed by atoms with van der Waals surface area (Å²) in [6.45, 7) is 8.53. The van der Waals surface area contributed by atoms with E-state index in [1.165, 1.54) is 23.1 Å². The van der Waals surface area contributed by atoms with Crippen LogP contribution in [0, 0.1) is 26.7 Å². The molecule has 1 aliphatic heterocycles. The van der Waals surface area contributed by atoms with Crippen molar-refractivity contribution in [1.82, 2.24) is 9.97 Å². The third kappa shape index (κ3) is 3.85. The first kappa shape index (κ1) is 20.0. The van der Waals surface area contributed by atoms with Crippen LogP contribution in [0.5, 0.6) is 5.88 Å². The fourth-order valence-electron chi connectivity index (χ4n) is 5.18. The Hall–Kier alpha value is -1.98. The molecule has 5 rings (SSSR count). The summed E-state index contributed by atoms with van der Waals surface area (Å²) in [5.74, 6) is 2.81. The van der Waals surface area contributed by atoms with Crippen molar-refractivity contribution in [2.24, 2.45) is 5.92 Å². The Labute approximate surface area is 179 Å². The number of hydrogen-bond donors (Lipinski definition) is 0. The smallest absolute Gasteiger partial charge is 0.220 e. The van der Waals surface area contributed by atoms with Crippen molar-refractivity contribution < 1.29 is 14.2 Å². The van der Waals surface area contributed by atoms with Crippen LogP contribution in [0.15, 0.2) is 24.4 Å². The molecule has 30 heavy (non-hydrogen) atoms. The summed E-state index contributed by atoms with van der Waals surface area (Å²) in [7, 11) is 0. The molecule has 0 radical (unpaired) electrons. The maximum atomic E-state index is 6.32. The van der Waals surface area contributed by atoms with Crippen LogP contribution in [0.1, 0.15) is 72.0 Å². The van der Waals surface area contributed by atoms with Gasteiger partial charge in [0.05, 0.1) is 19.8 Å². The molecule has 0 amide bonds. The van der Waals surface area contributed by atoms with Gasteiger partial charge in [-0.3, -0.25) is 0 Å². The summed E-state index contributed by atoms with van der Waals surface area (Å²) < 4.78 is 18.1. The molecular formula is C25H32N2O3. The Balaban J connectivity index is 1.24. The van der Waals surface area contributed by atoms with Crippen LogP contribution in [-0.4, -0.2) is 35.6 Å². The van der Waals surface area contributed by atoms with Crippen LogP contribution in [0.3, 0.4) is 0 Å². The lowest BCUT2D eigenvalue weighted by Gasteiger charge is -2.35. The molecule has 2 atom stereocenters. The van der Waals surface area contributed by atoms with Gasteiger partial charge in [-0.25, -0.2) is 4.98 Å². The van der Waals surface area contributed by atoms with Crippen LogP contribution in [0.4, 0.5) is 0 Å². The Kier molecular flexibility index (Phi) is 5.28. The Morgan fingerprint density at radius 2 is 1.83 bits per heavy atom. The Morgan fingerprint density at radius 1 is 1.07 bits per heavy atom. The molecule has 1 spiro atoms. The van der Waals surface area contributed by atoms with Crippen LogP contribution in [0.2, 0.25) is 0 Å². The summed E-state index contributed by atoms with van der Waals surface area (Å²) >= 11 is 0. The number of ether oxygens (including phenoxy) is 3. The fraction of sp³-hybridized carbons (Fsp3) is 0.600. The number of hydrogen-bond acceptors (Lipinski definition) is 5. The summed E-state index contributed by atoms with van der Waals surface area (Å²) in [5.41, 5.74) is 5.43. The molecule has 2 aliphatic carbocycles. The van der Waals surface area contributed by atoms with E-state index in [-0.39, 0.29) is 5.79 Å². The molecule has 5 nitrogen and oxygen atoms in total. The maximum Gasteiger partial charge on any atom is 0.220 e. The van der Waals surface area contributed by atoms with E-state index in [0.29, 0.717) is 17.8 Å². The van der Waals surface area contributed by atoms with Crippen LogP contribution in [-0.2, 0) is 9.47 Å². The molecule has 1 aromatic heterocycles. The van der Waals surface area contributed by atoms with Gasteiger partial charge in [0.2, 0.25) is 5.88 Å². The van der Waals surface area contributed by atoms with Crippen molar-refractivity contribution in [3.8, 4) is 5.88 Å². The van der Waals surface area contributed by atoms with E-state index in [9.17, 15) is 0 Å². The standard InChI is InChI=1S/C25H32N2O3/c1-16-5-4-6-21(17(16)2)22-13-20(22)15-28-24-23(14-26-18(3)27-24)19-7-9-25(10-8-19)29-11-12-30-25/h4-6,14,19-20,22H,7-13,15H2,1-3H3. The molecule has 2 unspecified atom stereocenters. The van der Waals surface area contributed by atoms with Crippen molar-refractivity contribution in [2.75, 3.05) is 19.8 Å². The highest BCUT2D eigenvalue weighted by Crippen LogP contribution is 2.49. The van der Waals surface area contributed by atoms with Crippen LogP contribution in [0.25, 0.3) is 0 Å². The van der Waals surface area contributed by atoms with E-state index in [1.54, 1.807) is 0 Å². The van der Waals surface area contributed by atoms with E-state index < -0.39 is 0 Å². The molecule has 0 bridgehead atoms. The third-order valence-electron chi connectivity index (χ3n) is 7.30. The topological polar surface area (TPSA) is 53.5 Å². The number of nitrogens with zero attached hydrogens (tertiary/aromatic N) is 2. The quantitative estimate of drug-likeness (QED) is 0.698. The highest BCUT2D eigenvalue weighted by atomic mass is 16.7. The average molecular weight is 409 g/mol. The minimum Gasteiger partial charge on any atom is -0.477 e. The largest absolute Gasteiger partial charge is 0.477 e. The first-order chi connectivity index (χ1) is 14.5. The molecular weight excluding hydrogens is 376 g/mol. The van der Waals surface area contributed by atoms with Crippen molar-refractivity contribution in [3.05, 3.63) is 52.5 Å². The van der Waals surface area contributed by atoms with Gasteiger partial charge in [-0.05, 0) is 68.6 Å². The maximum absolute atomic E-state index is 6.32. The highest BCUT2D eigenvalue weighted by Gasteiger charge is 2.42. The van der Waals surface area contributed by atoms with Gasteiger partial charge in [-0.1, -0.05) is 18.2 Å². The number of benzene rings is 1. The lowest BCUT2D eigenvalue weighted by molar-refractivity contribution is -0.178. The summed E-state index contributed by atoms with van der Waals surface area (Å²) in [6, 6.07) is 6.64. The first-order valence-electron chi connectivity index (χ1n) is 11.3. The van der Waals surface area contributed by atoms with Crippen molar-refractivity contribution >= 4 is 0 Å². The van der Waals surface area contributed by atoms with E-state index in [4.69, 9.17) is 14.2 Å². The third-order valence-corrected chi connectivity index (χ3v) is 7.30. The van der Waals surface area contributed by atoms with E-state index in [1.807, 2.05) is 13.1 Å². The van der Waals surface area contributed by atoms with Gasteiger partial charge in [-0.2, -0.15) is 4.98 Å². The molecule has 3 aliphatic rings. The van der Waals surface area contributed by atoms with Gasteiger partial charge >= 0.3 is 0 Å². The van der Waals surface area contributed by atoms with Crippen molar-refractivity contribution in [1.29, 1.82) is 0 Å². The second-order valence-electron chi connectivity index (χ2n) is 9.26. The predicted molar refractivity (Wildman–Crippen MR) is 115 cm³/mol. The van der Waals surface area contributed by atoms with E-state index in [0.717, 1.165) is 62.8 Å². The van der Waals surface area contributed by atoms with E-state index in [2.05, 4.69) is 42.0 Å². The van der Waals surface area contributed by atoms with Crippen molar-refractivity contribution in [3.63, 3.8) is 0 Å². The van der Waals surface area contributed by atoms with Gasteiger partial charge in [0, 0.05) is 30.5 Å². The molecule has 2 aromatic rings. The zero-order chi connectivity index (χ0) is 20.7. The summed E-state index contributed by atoms with van der Waals surface area (Å²) in [5, 5.41) is 0. The van der Waals surface area contributed by atoms with Gasteiger partial charge in [0.1, 0.15) is 5.82 Å². The monoisotopic (exact) mass is 408 g/mol. The molecule has 0 N–H and O–H groups in total. The fourth-order valence-corrected chi connectivity index (χ4v) is 5.18. The number of rotatable bonds is 5. The van der Waals surface area contributed by atoms with Gasteiger partial charge < -0.3 is 14.2 Å². The summed E-state index contributed by atoms with van der Waals surface area (Å²) in [6.07, 6.45) is 7.09. The Morgan fingerprint density at radius 3 is 2.60 bits per heavy atom. The lowest BCUT2D eigenvalue weighted by Crippen LogP contribution is -2.34. The van der Waals surface area contributed by atoms with Crippen LogP contribution >= 0.6 is 0 Å². The molecule has 5 heteroatoms.